The monoisotopic (exact) mass is 277 g/mol. The molecule has 1 aliphatic heterocycles. The quantitative estimate of drug-likeness (QED) is 0.896. The van der Waals surface area contributed by atoms with Gasteiger partial charge in [0.15, 0.2) is 0 Å². The van der Waals surface area contributed by atoms with Crippen molar-refractivity contribution < 1.29 is 4.74 Å². The minimum Gasteiger partial charge on any atom is -0.377 e. The molecule has 1 aromatic rings. The first-order valence-electron chi connectivity index (χ1n) is 4.29. The van der Waals surface area contributed by atoms with Crippen molar-refractivity contribution in [1.82, 2.24) is 5.32 Å². The van der Waals surface area contributed by atoms with Crippen LogP contribution in [0.15, 0.2) is 28.7 Å². The van der Waals surface area contributed by atoms with Gasteiger partial charge in [0.2, 0.25) is 0 Å². The van der Waals surface area contributed by atoms with Gasteiger partial charge in [0.25, 0.3) is 0 Å². The van der Waals surface area contributed by atoms with Crippen LogP contribution in [0.1, 0.15) is 5.56 Å². The fourth-order valence-corrected chi connectivity index (χ4v) is 1.79. The molecule has 1 aromatic carbocycles. The molecule has 2 rings (SSSR count). The van der Waals surface area contributed by atoms with E-state index in [0.29, 0.717) is 0 Å². The minimum atomic E-state index is 0. The Morgan fingerprint density at radius 1 is 1.29 bits per heavy atom. The lowest BCUT2D eigenvalue weighted by atomic mass is 9.88. The molecule has 0 spiro atoms. The first kappa shape index (κ1) is 12.0. The zero-order valence-electron chi connectivity index (χ0n) is 7.92. The van der Waals surface area contributed by atoms with Crippen molar-refractivity contribution in [2.24, 2.45) is 0 Å². The molecule has 1 aliphatic rings. The number of hydrogen-bond donors (Lipinski definition) is 1. The summed E-state index contributed by atoms with van der Waals surface area (Å²) in [4.78, 5) is 0. The molecule has 1 N–H and O–H groups in total. The highest BCUT2D eigenvalue weighted by Gasteiger charge is 2.38. The van der Waals surface area contributed by atoms with Crippen LogP contribution in [0.2, 0.25) is 0 Å². The molecule has 1 fully saturated rings. The smallest absolute Gasteiger partial charge is 0.0906 e. The molecule has 0 aliphatic carbocycles. The fraction of sp³-hybridized carbons (Fsp3) is 0.400. The van der Waals surface area contributed by atoms with Crippen molar-refractivity contribution in [2.75, 3.05) is 20.3 Å². The largest absolute Gasteiger partial charge is 0.377 e. The average molecular weight is 279 g/mol. The van der Waals surface area contributed by atoms with Gasteiger partial charge in [-0.3, -0.25) is 0 Å². The lowest BCUT2D eigenvalue weighted by Crippen LogP contribution is -2.56. The Morgan fingerprint density at radius 2 is 1.86 bits per heavy atom. The molecule has 14 heavy (non-hydrogen) atoms. The number of hydrogen-bond acceptors (Lipinski definition) is 2. The summed E-state index contributed by atoms with van der Waals surface area (Å²) in [5, 5.41) is 3.31. The molecule has 2 nitrogen and oxygen atoms in total. The van der Waals surface area contributed by atoms with Crippen molar-refractivity contribution in [3.63, 3.8) is 0 Å². The van der Waals surface area contributed by atoms with E-state index in [2.05, 4.69) is 45.5 Å². The summed E-state index contributed by atoms with van der Waals surface area (Å²) < 4.78 is 6.35. The van der Waals surface area contributed by atoms with Gasteiger partial charge < -0.3 is 10.1 Å². The second-order valence-corrected chi connectivity index (χ2v) is 4.25. The van der Waals surface area contributed by atoms with Gasteiger partial charge in [-0.15, -0.1) is 12.4 Å². The van der Waals surface area contributed by atoms with Crippen LogP contribution in [-0.4, -0.2) is 20.3 Å². The second kappa shape index (κ2) is 4.62. The number of halogens is 2. The van der Waals surface area contributed by atoms with Gasteiger partial charge >= 0.3 is 0 Å². The predicted octanol–water partition coefficient (Wildman–Crippen LogP) is 2.32. The summed E-state index contributed by atoms with van der Waals surface area (Å²) in [5.41, 5.74) is 1.35. The van der Waals surface area contributed by atoms with Crippen LogP contribution < -0.4 is 5.32 Å². The van der Waals surface area contributed by atoms with Crippen molar-refractivity contribution in [3.05, 3.63) is 34.3 Å². The van der Waals surface area contributed by atoms with Crippen LogP contribution in [0, 0.1) is 0 Å². The Kier molecular flexibility index (Phi) is 3.95. The molecule has 78 valence electrons. The average Bonchev–Trinajstić information content (AvgIpc) is 2.07. The maximum Gasteiger partial charge on any atom is 0.0906 e. The van der Waals surface area contributed by atoms with E-state index in [9.17, 15) is 0 Å². The molecule has 0 saturated carbocycles. The Hall–Kier alpha value is -0.0900. The molecule has 0 aromatic heterocycles. The Labute approximate surface area is 98.6 Å². The summed E-state index contributed by atoms with van der Waals surface area (Å²) in [6, 6.07) is 8.38. The summed E-state index contributed by atoms with van der Waals surface area (Å²) >= 11 is 3.42. The van der Waals surface area contributed by atoms with Crippen LogP contribution in [0.5, 0.6) is 0 Å². The standard InChI is InChI=1S/C10H12BrNO.ClH/c1-12-10(6-13-7-10)8-2-4-9(11)5-3-8;/h2-5,12H,6-7H2,1H3;1H. The summed E-state index contributed by atoms with van der Waals surface area (Å²) in [5.74, 6) is 0. The van der Waals surface area contributed by atoms with Crippen LogP contribution in [0.4, 0.5) is 0 Å². The first-order chi connectivity index (χ1) is 6.27. The normalized spacial score (nSPS) is 18.1. The van der Waals surface area contributed by atoms with E-state index in [1.807, 2.05) is 7.05 Å². The van der Waals surface area contributed by atoms with Crippen LogP contribution >= 0.6 is 28.3 Å². The van der Waals surface area contributed by atoms with E-state index in [0.717, 1.165) is 17.7 Å². The summed E-state index contributed by atoms with van der Waals surface area (Å²) in [6.07, 6.45) is 0. The number of ether oxygens (including phenoxy) is 1. The van der Waals surface area contributed by atoms with Gasteiger partial charge in [-0.2, -0.15) is 0 Å². The Bertz CT molecular complexity index is 292. The number of nitrogens with one attached hydrogen (secondary N) is 1. The molecule has 0 amide bonds. The SMILES string of the molecule is CNC1(c2ccc(Br)cc2)COC1.Cl. The van der Waals surface area contributed by atoms with Gasteiger partial charge in [0.1, 0.15) is 0 Å². The van der Waals surface area contributed by atoms with Crippen molar-refractivity contribution in [1.29, 1.82) is 0 Å². The van der Waals surface area contributed by atoms with E-state index in [1.54, 1.807) is 0 Å². The highest BCUT2D eigenvalue weighted by Crippen LogP contribution is 2.29. The van der Waals surface area contributed by atoms with Crippen molar-refractivity contribution in [3.8, 4) is 0 Å². The fourth-order valence-electron chi connectivity index (χ4n) is 1.53. The minimum absolute atomic E-state index is 0. The van der Waals surface area contributed by atoms with Crippen LogP contribution in [0.3, 0.4) is 0 Å². The third kappa shape index (κ3) is 1.96. The summed E-state index contributed by atoms with van der Waals surface area (Å²) in [7, 11) is 1.98. The van der Waals surface area contributed by atoms with E-state index >= 15 is 0 Å². The molecule has 1 saturated heterocycles. The van der Waals surface area contributed by atoms with Gasteiger partial charge in [-0.1, -0.05) is 28.1 Å². The zero-order chi connectivity index (χ0) is 9.31. The summed E-state index contributed by atoms with van der Waals surface area (Å²) in [6.45, 7) is 1.54. The predicted molar refractivity (Wildman–Crippen MR) is 62.9 cm³/mol. The number of benzene rings is 1. The van der Waals surface area contributed by atoms with Crippen LogP contribution in [-0.2, 0) is 10.3 Å². The van der Waals surface area contributed by atoms with E-state index in [-0.39, 0.29) is 17.9 Å². The van der Waals surface area contributed by atoms with E-state index in [4.69, 9.17) is 4.74 Å². The van der Waals surface area contributed by atoms with E-state index in [1.165, 1.54) is 5.56 Å². The van der Waals surface area contributed by atoms with Crippen molar-refractivity contribution >= 4 is 28.3 Å². The molecule has 0 bridgehead atoms. The van der Waals surface area contributed by atoms with Gasteiger partial charge in [-0.05, 0) is 24.7 Å². The number of rotatable bonds is 2. The first-order valence-corrected chi connectivity index (χ1v) is 5.09. The highest BCUT2D eigenvalue weighted by atomic mass is 79.9. The van der Waals surface area contributed by atoms with Gasteiger partial charge in [0.05, 0.1) is 18.8 Å². The molecular formula is C10H13BrClNO. The Balaban J connectivity index is 0.000000980. The lowest BCUT2D eigenvalue weighted by molar-refractivity contribution is -0.0747. The van der Waals surface area contributed by atoms with Gasteiger partial charge in [-0.25, -0.2) is 0 Å². The maximum absolute atomic E-state index is 5.24. The molecule has 0 radical (unpaired) electrons. The highest BCUT2D eigenvalue weighted by molar-refractivity contribution is 9.10. The van der Waals surface area contributed by atoms with Crippen LogP contribution in [0.25, 0.3) is 0 Å². The molecule has 0 atom stereocenters. The topological polar surface area (TPSA) is 21.3 Å². The third-order valence-corrected chi connectivity index (χ3v) is 3.10. The van der Waals surface area contributed by atoms with Gasteiger partial charge in [0, 0.05) is 4.47 Å². The molecular weight excluding hydrogens is 265 g/mol. The number of likely N-dealkylation sites (N-methyl/N-ethyl adjacent to an activating group) is 1. The molecule has 0 unspecified atom stereocenters. The van der Waals surface area contributed by atoms with E-state index < -0.39 is 0 Å². The zero-order valence-corrected chi connectivity index (χ0v) is 10.3. The Morgan fingerprint density at radius 3 is 2.21 bits per heavy atom. The molecule has 1 heterocycles. The second-order valence-electron chi connectivity index (χ2n) is 3.33. The molecule has 4 heteroatoms. The third-order valence-electron chi connectivity index (χ3n) is 2.57. The maximum atomic E-state index is 5.24. The lowest BCUT2D eigenvalue weighted by Gasteiger charge is -2.41. The van der Waals surface area contributed by atoms with Crippen molar-refractivity contribution in [2.45, 2.75) is 5.54 Å².